The number of benzene rings is 1. The highest BCUT2D eigenvalue weighted by Crippen LogP contribution is 2.27. The Balaban J connectivity index is 2.00. The number of amides is 1. The second-order valence-electron chi connectivity index (χ2n) is 7.17. The van der Waals surface area contributed by atoms with Crippen LogP contribution in [0.1, 0.15) is 44.4 Å². The van der Waals surface area contributed by atoms with E-state index >= 15 is 0 Å². The van der Waals surface area contributed by atoms with Gasteiger partial charge in [-0.2, -0.15) is 0 Å². The monoisotopic (exact) mass is 318 g/mol. The SMILES string of the molecule is COCC1(C(=O)NC(C)c2ccc(CC(C)C)cc2)CCNC1. The van der Waals surface area contributed by atoms with Crippen LogP contribution in [0, 0.1) is 11.3 Å². The van der Waals surface area contributed by atoms with E-state index in [4.69, 9.17) is 4.74 Å². The quantitative estimate of drug-likeness (QED) is 0.813. The number of carbonyl (C=O) groups excluding carboxylic acids is 1. The maximum absolute atomic E-state index is 12.7. The number of hydrogen-bond donors (Lipinski definition) is 2. The van der Waals surface area contributed by atoms with Crippen molar-refractivity contribution in [1.82, 2.24) is 10.6 Å². The van der Waals surface area contributed by atoms with E-state index in [1.165, 1.54) is 5.56 Å². The Bertz CT molecular complexity index is 505. The lowest BCUT2D eigenvalue weighted by atomic mass is 9.86. The van der Waals surface area contributed by atoms with Gasteiger partial charge in [-0.15, -0.1) is 0 Å². The number of rotatable bonds is 7. The third-order valence-electron chi connectivity index (χ3n) is 4.62. The summed E-state index contributed by atoms with van der Waals surface area (Å²) >= 11 is 0. The first-order valence-electron chi connectivity index (χ1n) is 8.56. The Morgan fingerprint density at radius 2 is 2.00 bits per heavy atom. The number of hydrogen-bond acceptors (Lipinski definition) is 3. The van der Waals surface area contributed by atoms with Crippen molar-refractivity contribution < 1.29 is 9.53 Å². The van der Waals surface area contributed by atoms with Crippen molar-refractivity contribution in [1.29, 1.82) is 0 Å². The van der Waals surface area contributed by atoms with Gasteiger partial charge in [0, 0.05) is 13.7 Å². The van der Waals surface area contributed by atoms with Crippen molar-refractivity contribution in [3.63, 3.8) is 0 Å². The molecule has 2 N–H and O–H groups in total. The van der Waals surface area contributed by atoms with Gasteiger partial charge in [0.15, 0.2) is 0 Å². The fraction of sp³-hybridized carbons (Fsp3) is 0.632. The van der Waals surface area contributed by atoms with E-state index in [-0.39, 0.29) is 11.9 Å². The summed E-state index contributed by atoms with van der Waals surface area (Å²) in [5.41, 5.74) is 2.06. The van der Waals surface area contributed by atoms with Crippen LogP contribution in [0.25, 0.3) is 0 Å². The van der Waals surface area contributed by atoms with Crippen LogP contribution in [0.3, 0.4) is 0 Å². The number of ether oxygens (including phenoxy) is 1. The zero-order valence-electron chi connectivity index (χ0n) is 14.8. The van der Waals surface area contributed by atoms with Crippen LogP contribution in [-0.4, -0.2) is 32.7 Å². The molecule has 0 aromatic heterocycles. The van der Waals surface area contributed by atoms with Crippen molar-refractivity contribution in [3.8, 4) is 0 Å². The zero-order chi connectivity index (χ0) is 16.9. The van der Waals surface area contributed by atoms with Gasteiger partial charge in [0.25, 0.3) is 0 Å². The van der Waals surface area contributed by atoms with E-state index in [9.17, 15) is 4.79 Å². The van der Waals surface area contributed by atoms with Crippen molar-refractivity contribution >= 4 is 5.91 Å². The van der Waals surface area contributed by atoms with Crippen molar-refractivity contribution in [2.24, 2.45) is 11.3 Å². The Hall–Kier alpha value is -1.39. The lowest BCUT2D eigenvalue weighted by Gasteiger charge is -2.28. The maximum atomic E-state index is 12.7. The summed E-state index contributed by atoms with van der Waals surface area (Å²) in [7, 11) is 1.66. The van der Waals surface area contributed by atoms with Crippen LogP contribution >= 0.6 is 0 Å². The molecule has 0 bridgehead atoms. The predicted molar refractivity (Wildman–Crippen MR) is 93.3 cm³/mol. The molecule has 1 aromatic rings. The molecule has 0 saturated carbocycles. The van der Waals surface area contributed by atoms with E-state index in [1.54, 1.807) is 7.11 Å². The maximum Gasteiger partial charge on any atom is 0.230 e. The lowest BCUT2D eigenvalue weighted by Crippen LogP contribution is -2.46. The van der Waals surface area contributed by atoms with Gasteiger partial charge in [-0.25, -0.2) is 0 Å². The fourth-order valence-corrected chi connectivity index (χ4v) is 3.25. The van der Waals surface area contributed by atoms with Crippen molar-refractivity contribution in [2.45, 2.75) is 39.7 Å². The van der Waals surface area contributed by atoms with Gasteiger partial charge >= 0.3 is 0 Å². The van der Waals surface area contributed by atoms with E-state index < -0.39 is 5.41 Å². The zero-order valence-corrected chi connectivity index (χ0v) is 14.8. The van der Waals surface area contributed by atoms with E-state index in [1.807, 2.05) is 6.92 Å². The van der Waals surface area contributed by atoms with E-state index in [0.29, 0.717) is 19.1 Å². The minimum absolute atomic E-state index is 0.00457. The van der Waals surface area contributed by atoms with Crippen molar-refractivity contribution in [2.75, 3.05) is 26.8 Å². The molecule has 2 atom stereocenters. The van der Waals surface area contributed by atoms with Gasteiger partial charge in [0.1, 0.15) is 0 Å². The summed E-state index contributed by atoms with van der Waals surface area (Å²) in [5.74, 6) is 0.741. The minimum Gasteiger partial charge on any atom is -0.384 e. The van der Waals surface area contributed by atoms with Crippen LogP contribution in [0.5, 0.6) is 0 Å². The Morgan fingerprint density at radius 1 is 1.30 bits per heavy atom. The molecule has 0 radical (unpaired) electrons. The van der Waals surface area contributed by atoms with Crippen LogP contribution in [0.2, 0.25) is 0 Å². The van der Waals surface area contributed by atoms with Crippen LogP contribution < -0.4 is 10.6 Å². The summed E-state index contributed by atoms with van der Waals surface area (Å²) in [4.78, 5) is 12.7. The molecule has 1 aliphatic heterocycles. The van der Waals surface area contributed by atoms with Gasteiger partial charge in [-0.3, -0.25) is 4.79 Å². The Morgan fingerprint density at radius 3 is 2.52 bits per heavy atom. The molecule has 1 saturated heterocycles. The average Bonchev–Trinajstić information content (AvgIpc) is 2.97. The molecular weight excluding hydrogens is 288 g/mol. The molecule has 128 valence electrons. The summed E-state index contributed by atoms with van der Waals surface area (Å²) in [6.07, 6.45) is 1.91. The fourth-order valence-electron chi connectivity index (χ4n) is 3.25. The molecule has 23 heavy (non-hydrogen) atoms. The van der Waals surface area contributed by atoms with Gasteiger partial charge in [0.2, 0.25) is 5.91 Å². The summed E-state index contributed by atoms with van der Waals surface area (Å²) < 4.78 is 5.29. The Labute approximate surface area is 140 Å². The largest absolute Gasteiger partial charge is 0.384 e. The predicted octanol–water partition coefficient (Wildman–Crippen LogP) is 2.69. The first-order valence-corrected chi connectivity index (χ1v) is 8.56. The van der Waals surface area contributed by atoms with Gasteiger partial charge < -0.3 is 15.4 Å². The lowest BCUT2D eigenvalue weighted by molar-refractivity contribution is -0.133. The summed E-state index contributed by atoms with van der Waals surface area (Å²) in [6.45, 7) is 8.51. The topological polar surface area (TPSA) is 50.4 Å². The molecule has 1 aromatic carbocycles. The van der Waals surface area contributed by atoms with Gasteiger partial charge in [0.05, 0.1) is 18.1 Å². The first-order chi connectivity index (χ1) is 11.0. The molecule has 0 spiro atoms. The third-order valence-corrected chi connectivity index (χ3v) is 4.62. The number of nitrogens with one attached hydrogen (secondary N) is 2. The summed E-state index contributed by atoms with van der Waals surface area (Å²) in [5, 5.41) is 6.44. The molecule has 1 aliphatic rings. The highest BCUT2D eigenvalue weighted by Gasteiger charge is 2.41. The molecule has 1 heterocycles. The molecule has 1 fully saturated rings. The molecule has 1 amide bonds. The number of methoxy groups -OCH3 is 1. The van der Waals surface area contributed by atoms with Crippen LogP contribution in [0.4, 0.5) is 0 Å². The average molecular weight is 318 g/mol. The molecule has 0 aliphatic carbocycles. The van der Waals surface area contributed by atoms with E-state index in [2.05, 4.69) is 48.7 Å². The first kappa shape index (κ1) is 18.0. The highest BCUT2D eigenvalue weighted by atomic mass is 16.5. The van der Waals surface area contributed by atoms with Crippen LogP contribution in [0.15, 0.2) is 24.3 Å². The molecule has 2 rings (SSSR count). The normalized spacial score (nSPS) is 22.3. The minimum atomic E-state index is -0.430. The second-order valence-corrected chi connectivity index (χ2v) is 7.17. The molecular formula is C19H30N2O2. The van der Waals surface area contributed by atoms with Gasteiger partial charge in [-0.1, -0.05) is 38.1 Å². The second kappa shape index (κ2) is 7.93. The highest BCUT2D eigenvalue weighted by molar-refractivity contribution is 5.83. The number of carbonyl (C=O) groups is 1. The van der Waals surface area contributed by atoms with Crippen LogP contribution in [-0.2, 0) is 16.0 Å². The molecule has 2 unspecified atom stereocenters. The van der Waals surface area contributed by atoms with E-state index in [0.717, 1.165) is 24.9 Å². The molecule has 4 nitrogen and oxygen atoms in total. The summed E-state index contributed by atoms with van der Waals surface area (Å²) in [6, 6.07) is 8.59. The smallest absolute Gasteiger partial charge is 0.230 e. The third kappa shape index (κ3) is 4.55. The standard InChI is InChI=1S/C19H30N2O2/c1-14(2)11-16-5-7-17(8-6-16)15(3)21-18(22)19(13-23-4)9-10-20-12-19/h5-8,14-15,20H,9-13H2,1-4H3,(H,21,22). The Kier molecular flexibility index (Phi) is 6.19. The molecule has 4 heteroatoms. The van der Waals surface area contributed by atoms with Gasteiger partial charge in [-0.05, 0) is 43.4 Å². The van der Waals surface area contributed by atoms with Crippen molar-refractivity contribution in [3.05, 3.63) is 35.4 Å².